The van der Waals surface area contributed by atoms with E-state index >= 15 is 0 Å². The van der Waals surface area contributed by atoms with Crippen LogP contribution in [0.25, 0.3) is 0 Å². The Morgan fingerprint density at radius 1 is 0.941 bits per heavy atom. The monoisotopic (exact) mass is 721 g/mol. The van der Waals surface area contributed by atoms with E-state index in [2.05, 4.69) is 65.9 Å². The first-order valence-electron chi connectivity index (χ1n) is 19.9. The van der Waals surface area contributed by atoms with Crippen molar-refractivity contribution in [2.45, 2.75) is 146 Å². The Hall–Kier alpha value is -2.18. The van der Waals surface area contributed by atoms with Gasteiger partial charge in [0.05, 0.1) is 11.8 Å². The number of hydrogen-bond donors (Lipinski definition) is 2. The maximum Gasteiger partial charge on any atom is 0.309 e. The molecular weight excluding hydrogens is 658 g/mol. The second-order valence-electron chi connectivity index (χ2n) is 19.7. The summed E-state index contributed by atoms with van der Waals surface area (Å²) in [5, 5.41) is 14.1. The summed E-state index contributed by atoms with van der Waals surface area (Å²) in [5.74, 6) is 0.647. The molecule has 0 spiro atoms. The Kier molecular flexibility index (Phi) is 10.0. The van der Waals surface area contributed by atoms with Crippen LogP contribution in [-0.2, 0) is 25.7 Å². The highest BCUT2D eigenvalue weighted by Gasteiger charge is 2.70. The summed E-state index contributed by atoms with van der Waals surface area (Å²) in [4.78, 5) is 38.8. The Bertz CT molecular complexity index is 1580. The molecule has 4 fully saturated rings. The number of rotatable bonds is 10. The Balaban J connectivity index is 1.24. The SMILES string of the molecule is CC(C)C1=C2[C@H]3CC[C@@H]4[C@@]5(C)CC[C@H](OC(=O)CC(C)(C)C(=O)O)C(C)(C)C5CC[C@@]4(C)[C@]3(C)CC[C@@]2(CCNCc2ccc(Cl)cc2)CC1=O. The van der Waals surface area contributed by atoms with Gasteiger partial charge in [-0.3, -0.25) is 14.4 Å². The van der Waals surface area contributed by atoms with Crippen LogP contribution in [0.1, 0.15) is 139 Å². The third-order valence-electron chi connectivity index (χ3n) is 16.0. The van der Waals surface area contributed by atoms with Crippen molar-refractivity contribution in [3.63, 3.8) is 0 Å². The number of carboxylic acids is 1. The van der Waals surface area contributed by atoms with Gasteiger partial charge in [-0.05, 0) is 141 Å². The van der Waals surface area contributed by atoms with Gasteiger partial charge in [0.2, 0.25) is 0 Å². The second kappa shape index (κ2) is 13.3. The Morgan fingerprint density at radius 2 is 1.63 bits per heavy atom. The van der Waals surface area contributed by atoms with Crippen molar-refractivity contribution < 1.29 is 24.2 Å². The lowest BCUT2D eigenvalue weighted by Crippen LogP contribution is -2.65. The Labute approximate surface area is 312 Å². The van der Waals surface area contributed by atoms with Gasteiger partial charge in [0.1, 0.15) is 6.10 Å². The molecule has 1 unspecified atom stereocenters. The minimum Gasteiger partial charge on any atom is -0.481 e. The largest absolute Gasteiger partial charge is 0.481 e. The van der Waals surface area contributed by atoms with Gasteiger partial charge in [0, 0.05) is 28.8 Å². The van der Waals surface area contributed by atoms with Gasteiger partial charge in [0.15, 0.2) is 5.78 Å². The predicted molar refractivity (Wildman–Crippen MR) is 203 cm³/mol. The molecule has 0 bridgehead atoms. The fourth-order valence-electron chi connectivity index (χ4n) is 13.0. The number of ketones is 1. The average molecular weight is 722 g/mol. The molecule has 5 aliphatic carbocycles. The van der Waals surface area contributed by atoms with Crippen LogP contribution in [-0.4, -0.2) is 35.5 Å². The highest BCUT2D eigenvalue weighted by Crippen LogP contribution is 2.77. The van der Waals surface area contributed by atoms with Crippen molar-refractivity contribution in [2.24, 2.45) is 56.2 Å². The first-order chi connectivity index (χ1) is 23.7. The molecule has 282 valence electrons. The van der Waals surface area contributed by atoms with E-state index in [0.29, 0.717) is 30.0 Å². The van der Waals surface area contributed by atoms with E-state index in [1.165, 1.54) is 17.6 Å². The average Bonchev–Trinajstić information content (AvgIpc) is 3.34. The van der Waals surface area contributed by atoms with Gasteiger partial charge >= 0.3 is 11.9 Å². The van der Waals surface area contributed by atoms with Crippen molar-refractivity contribution in [2.75, 3.05) is 6.54 Å². The van der Waals surface area contributed by atoms with Crippen LogP contribution < -0.4 is 5.32 Å². The smallest absolute Gasteiger partial charge is 0.309 e. The molecule has 2 N–H and O–H groups in total. The molecule has 51 heavy (non-hydrogen) atoms. The van der Waals surface area contributed by atoms with Crippen molar-refractivity contribution in [1.82, 2.24) is 5.32 Å². The predicted octanol–water partition coefficient (Wildman–Crippen LogP) is 10.2. The van der Waals surface area contributed by atoms with Gasteiger partial charge in [-0.25, -0.2) is 0 Å². The zero-order chi connectivity index (χ0) is 37.4. The van der Waals surface area contributed by atoms with E-state index in [0.717, 1.165) is 75.1 Å². The maximum absolute atomic E-state index is 14.0. The third kappa shape index (κ3) is 6.24. The van der Waals surface area contributed by atoms with Crippen LogP contribution in [0.3, 0.4) is 0 Å². The number of Topliss-reactive ketones (excluding diaryl/α,β-unsaturated/α-hetero) is 1. The van der Waals surface area contributed by atoms with Gasteiger partial charge in [-0.2, -0.15) is 0 Å². The second-order valence-corrected chi connectivity index (χ2v) is 20.2. The number of hydrogen-bond acceptors (Lipinski definition) is 5. The number of benzene rings is 1. The van der Waals surface area contributed by atoms with Crippen molar-refractivity contribution in [1.29, 1.82) is 0 Å². The van der Waals surface area contributed by atoms with Crippen LogP contribution in [0.2, 0.25) is 5.02 Å². The number of carbonyl (C=O) groups excluding carboxylic acids is 2. The van der Waals surface area contributed by atoms with Crippen molar-refractivity contribution in [3.05, 3.63) is 46.0 Å². The number of halogens is 1. The van der Waals surface area contributed by atoms with E-state index < -0.39 is 17.4 Å². The summed E-state index contributed by atoms with van der Waals surface area (Å²) in [6, 6.07) is 8.06. The number of ether oxygens (including phenoxy) is 1. The minimum atomic E-state index is -1.15. The van der Waals surface area contributed by atoms with Crippen molar-refractivity contribution in [3.8, 4) is 0 Å². The highest BCUT2D eigenvalue weighted by molar-refractivity contribution is 6.30. The molecule has 8 atom stereocenters. The summed E-state index contributed by atoms with van der Waals surface area (Å²) in [6.45, 7) is 21.7. The molecule has 0 aliphatic heterocycles. The molecule has 0 heterocycles. The minimum absolute atomic E-state index is 0.0444. The molecule has 0 aromatic heterocycles. The Morgan fingerprint density at radius 3 is 2.27 bits per heavy atom. The van der Waals surface area contributed by atoms with Crippen LogP contribution in [0.5, 0.6) is 0 Å². The fourth-order valence-corrected chi connectivity index (χ4v) is 13.2. The standard InChI is InChI=1S/C44H64ClNO5/c1-27(2)36-31(47)24-44(22-23-46-26-28-10-12-29(45)13-11-28)21-20-42(8)30(37(36)44)14-15-33-41(7)18-17-34(51-35(48)25-39(3,4)38(49)50)40(5,6)32(41)16-19-43(33,42)9/h10-13,27,30,32-34,46H,14-26H2,1-9H3,(H,49,50)/t30-,32?,33-,34+,41+,42-,43-,44-/m1/s1. The molecule has 0 radical (unpaired) electrons. The quantitative estimate of drug-likeness (QED) is 0.185. The van der Waals surface area contributed by atoms with E-state index in [9.17, 15) is 19.5 Å². The molecule has 7 heteroatoms. The van der Waals surface area contributed by atoms with Crippen LogP contribution in [0.15, 0.2) is 35.4 Å². The highest BCUT2D eigenvalue weighted by atomic mass is 35.5. The topological polar surface area (TPSA) is 92.7 Å². The van der Waals surface area contributed by atoms with E-state index in [1.54, 1.807) is 13.8 Å². The number of carboxylic acid groups (broad SMARTS) is 1. The maximum atomic E-state index is 14.0. The molecule has 4 saturated carbocycles. The number of aliphatic carboxylic acids is 1. The summed E-state index contributed by atoms with van der Waals surface area (Å²) in [7, 11) is 0. The van der Waals surface area contributed by atoms with Gasteiger partial charge in [0.25, 0.3) is 0 Å². The molecular formula is C44H64ClNO5. The lowest BCUT2D eigenvalue weighted by molar-refractivity contribution is -0.233. The summed E-state index contributed by atoms with van der Waals surface area (Å²) in [5.41, 5.74) is 2.89. The van der Waals surface area contributed by atoms with Gasteiger partial charge in [-0.15, -0.1) is 0 Å². The molecule has 6 rings (SSSR count). The van der Waals surface area contributed by atoms with Crippen LogP contribution in [0.4, 0.5) is 0 Å². The summed E-state index contributed by atoms with van der Waals surface area (Å²) < 4.78 is 6.18. The van der Waals surface area contributed by atoms with E-state index in [-0.39, 0.29) is 45.5 Å². The number of fused-ring (bicyclic) bond motifs is 7. The summed E-state index contributed by atoms with van der Waals surface area (Å²) >= 11 is 6.12. The van der Waals surface area contributed by atoms with E-state index in [4.69, 9.17) is 16.3 Å². The lowest BCUT2D eigenvalue weighted by Gasteiger charge is -2.72. The lowest BCUT2D eigenvalue weighted by atomic mass is 9.33. The normalized spacial score (nSPS) is 37.4. The third-order valence-corrected chi connectivity index (χ3v) is 16.2. The van der Waals surface area contributed by atoms with Gasteiger partial charge < -0.3 is 15.2 Å². The van der Waals surface area contributed by atoms with Gasteiger partial charge in [-0.1, -0.05) is 77.8 Å². The zero-order valence-corrected chi connectivity index (χ0v) is 33.6. The van der Waals surface area contributed by atoms with E-state index in [1.807, 2.05) is 12.1 Å². The van der Waals surface area contributed by atoms with Crippen molar-refractivity contribution >= 4 is 29.3 Å². The summed E-state index contributed by atoms with van der Waals surface area (Å²) in [6.07, 6.45) is 9.98. The van der Waals surface area contributed by atoms with Crippen LogP contribution >= 0.6 is 11.6 Å². The molecule has 5 aliphatic rings. The first-order valence-corrected chi connectivity index (χ1v) is 20.3. The fraction of sp³-hybridized carbons (Fsp3) is 0.750. The number of allylic oxidation sites excluding steroid dienone is 2. The molecule has 1 aromatic rings. The molecule has 1 aromatic carbocycles. The molecule has 6 nitrogen and oxygen atoms in total. The number of carbonyl (C=O) groups is 3. The zero-order valence-electron chi connectivity index (χ0n) is 32.8. The molecule has 0 amide bonds. The number of esters is 1. The number of nitrogens with one attached hydrogen (secondary N) is 1. The first kappa shape index (κ1) is 38.5. The molecule has 0 saturated heterocycles. The van der Waals surface area contributed by atoms with Crippen LogP contribution in [0, 0.1) is 56.2 Å².